The standard InChI is InChI=1S/C24H23FN6O3S2/c1-13-9-14(2)20(15(3)10-13)26-19(32)12-35-24-29-28-23(36-24)27-22(33)21-18(34-4)11-31(30-21)17-7-5-16(25)6-8-17/h5-11H,12H2,1-4H3,(H,26,32)(H,27,28,33). The van der Waals surface area contributed by atoms with Crippen LogP contribution in [0.2, 0.25) is 0 Å². The number of nitrogens with one attached hydrogen (secondary N) is 2. The fourth-order valence-corrected chi connectivity index (χ4v) is 5.09. The van der Waals surface area contributed by atoms with E-state index in [0.29, 0.717) is 10.0 Å². The van der Waals surface area contributed by atoms with Crippen molar-refractivity contribution in [3.8, 4) is 11.4 Å². The lowest BCUT2D eigenvalue weighted by molar-refractivity contribution is -0.113. The van der Waals surface area contributed by atoms with Crippen LogP contribution < -0.4 is 15.4 Å². The fraction of sp³-hybridized carbons (Fsp3) is 0.208. The van der Waals surface area contributed by atoms with Gasteiger partial charge in [-0.3, -0.25) is 14.9 Å². The molecule has 12 heteroatoms. The quantitative estimate of drug-likeness (QED) is 0.251. The van der Waals surface area contributed by atoms with Crippen LogP contribution in [0.4, 0.5) is 15.2 Å². The van der Waals surface area contributed by atoms with Crippen LogP contribution in [0.25, 0.3) is 5.69 Å². The van der Waals surface area contributed by atoms with Crippen molar-refractivity contribution in [2.24, 2.45) is 0 Å². The molecule has 9 nitrogen and oxygen atoms in total. The third-order valence-electron chi connectivity index (χ3n) is 5.10. The Kier molecular flexibility index (Phi) is 7.65. The molecule has 2 aromatic carbocycles. The van der Waals surface area contributed by atoms with Gasteiger partial charge in [-0.1, -0.05) is 40.8 Å². The van der Waals surface area contributed by atoms with E-state index in [1.165, 1.54) is 54.0 Å². The minimum Gasteiger partial charge on any atom is -0.493 e. The molecule has 2 aromatic heterocycles. The Hall–Kier alpha value is -3.77. The van der Waals surface area contributed by atoms with E-state index in [1.54, 1.807) is 0 Å². The van der Waals surface area contributed by atoms with Gasteiger partial charge in [0.15, 0.2) is 15.8 Å². The highest BCUT2D eigenvalue weighted by molar-refractivity contribution is 8.01. The molecule has 2 amide bonds. The van der Waals surface area contributed by atoms with Crippen LogP contribution in [-0.4, -0.2) is 44.7 Å². The Labute approximate surface area is 215 Å². The molecule has 4 aromatic rings. The van der Waals surface area contributed by atoms with Gasteiger partial charge in [0.1, 0.15) is 5.82 Å². The molecule has 0 aliphatic heterocycles. The van der Waals surface area contributed by atoms with Crippen LogP contribution in [0.1, 0.15) is 27.2 Å². The van der Waals surface area contributed by atoms with Crippen molar-refractivity contribution < 1.29 is 18.7 Å². The number of ether oxygens (including phenoxy) is 1. The van der Waals surface area contributed by atoms with Gasteiger partial charge in [0.2, 0.25) is 11.0 Å². The smallest absolute Gasteiger partial charge is 0.281 e. The lowest BCUT2D eigenvalue weighted by Gasteiger charge is -2.12. The number of halogens is 1. The van der Waals surface area contributed by atoms with Crippen LogP contribution >= 0.6 is 23.1 Å². The van der Waals surface area contributed by atoms with Gasteiger partial charge in [0.25, 0.3) is 5.91 Å². The third kappa shape index (κ3) is 5.89. The Balaban J connectivity index is 1.37. The molecule has 0 fully saturated rings. The summed E-state index contributed by atoms with van der Waals surface area (Å²) in [5.74, 6) is -0.686. The molecule has 0 aliphatic carbocycles. The van der Waals surface area contributed by atoms with Gasteiger partial charge in [0.05, 0.1) is 24.7 Å². The van der Waals surface area contributed by atoms with E-state index in [-0.39, 0.29) is 34.1 Å². The minimum atomic E-state index is -0.538. The molecule has 0 aliphatic rings. The van der Waals surface area contributed by atoms with Gasteiger partial charge in [-0.15, -0.1) is 10.2 Å². The van der Waals surface area contributed by atoms with E-state index in [2.05, 4.69) is 25.9 Å². The van der Waals surface area contributed by atoms with Crippen molar-refractivity contribution in [2.45, 2.75) is 25.1 Å². The highest BCUT2D eigenvalue weighted by Crippen LogP contribution is 2.28. The van der Waals surface area contributed by atoms with Crippen molar-refractivity contribution in [1.82, 2.24) is 20.0 Å². The largest absolute Gasteiger partial charge is 0.493 e. The molecule has 0 saturated carbocycles. The highest BCUT2D eigenvalue weighted by atomic mass is 32.2. The van der Waals surface area contributed by atoms with Gasteiger partial charge in [-0.05, 0) is 56.2 Å². The summed E-state index contributed by atoms with van der Waals surface area (Å²) in [7, 11) is 1.42. The van der Waals surface area contributed by atoms with Gasteiger partial charge in [0, 0.05) is 5.69 Å². The zero-order chi connectivity index (χ0) is 25.8. The first-order chi connectivity index (χ1) is 17.2. The van der Waals surface area contributed by atoms with Crippen LogP contribution in [0.5, 0.6) is 5.75 Å². The molecule has 0 atom stereocenters. The zero-order valence-electron chi connectivity index (χ0n) is 20.0. The van der Waals surface area contributed by atoms with Crippen molar-refractivity contribution in [3.05, 3.63) is 70.8 Å². The summed E-state index contributed by atoms with van der Waals surface area (Å²) in [5.41, 5.74) is 4.56. The van der Waals surface area contributed by atoms with Gasteiger partial charge < -0.3 is 10.1 Å². The van der Waals surface area contributed by atoms with Crippen LogP contribution in [0, 0.1) is 26.6 Å². The van der Waals surface area contributed by atoms with Gasteiger partial charge in [-0.25, -0.2) is 9.07 Å². The Morgan fingerprint density at radius 2 is 1.78 bits per heavy atom. The molecule has 2 N–H and O–H groups in total. The molecule has 0 unspecified atom stereocenters. The Bertz CT molecular complexity index is 1390. The number of benzene rings is 2. The van der Waals surface area contributed by atoms with E-state index >= 15 is 0 Å². The molecule has 0 saturated heterocycles. The van der Waals surface area contributed by atoms with E-state index < -0.39 is 5.91 Å². The lowest BCUT2D eigenvalue weighted by Crippen LogP contribution is -2.15. The first kappa shape index (κ1) is 25.3. The second kappa shape index (κ2) is 10.9. The number of amides is 2. The summed E-state index contributed by atoms with van der Waals surface area (Å²) in [6.07, 6.45) is 1.53. The number of carbonyl (C=O) groups is 2. The summed E-state index contributed by atoms with van der Waals surface area (Å²) < 4.78 is 20.4. The number of hydrogen-bond donors (Lipinski definition) is 2. The summed E-state index contributed by atoms with van der Waals surface area (Å²) >= 11 is 2.37. The van der Waals surface area contributed by atoms with E-state index in [4.69, 9.17) is 4.74 Å². The third-order valence-corrected chi connectivity index (χ3v) is 7.07. The van der Waals surface area contributed by atoms with Crippen LogP contribution in [0.15, 0.2) is 46.9 Å². The molecule has 0 bridgehead atoms. The Morgan fingerprint density at radius 3 is 2.44 bits per heavy atom. The number of carbonyl (C=O) groups excluding carboxylic acids is 2. The summed E-state index contributed by atoms with van der Waals surface area (Å²) in [6.45, 7) is 5.93. The van der Waals surface area contributed by atoms with Crippen molar-refractivity contribution in [1.29, 1.82) is 0 Å². The second-order valence-corrected chi connectivity index (χ2v) is 10.1. The summed E-state index contributed by atoms with van der Waals surface area (Å²) in [5, 5.41) is 18.1. The van der Waals surface area contributed by atoms with E-state index in [9.17, 15) is 14.0 Å². The predicted molar refractivity (Wildman–Crippen MR) is 138 cm³/mol. The van der Waals surface area contributed by atoms with E-state index in [1.807, 2.05) is 32.9 Å². The van der Waals surface area contributed by atoms with Crippen molar-refractivity contribution in [3.63, 3.8) is 0 Å². The molecular weight excluding hydrogens is 503 g/mol. The molecule has 36 heavy (non-hydrogen) atoms. The maximum Gasteiger partial charge on any atom is 0.281 e. The number of aromatic nitrogens is 4. The molecule has 0 radical (unpaired) electrons. The van der Waals surface area contributed by atoms with Crippen LogP contribution in [-0.2, 0) is 4.79 Å². The maximum atomic E-state index is 13.2. The topological polar surface area (TPSA) is 111 Å². The molecule has 186 valence electrons. The van der Waals surface area contributed by atoms with Crippen LogP contribution in [0.3, 0.4) is 0 Å². The van der Waals surface area contributed by atoms with Crippen molar-refractivity contribution >= 4 is 45.7 Å². The number of methoxy groups -OCH3 is 1. The highest BCUT2D eigenvalue weighted by Gasteiger charge is 2.20. The zero-order valence-corrected chi connectivity index (χ0v) is 21.6. The first-order valence-electron chi connectivity index (χ1n) is 10.8. The lowest BCUT2D eigenvalue weighted by atomic mass is 10.1. The first-order valence-corrected chi connectivity index (χ1v) is 12.6. The minimum absolute atomic E-state index is 0.0365. The van der Waals surface area contributed by atoms with Crippen molar-refractivity contribution in [2.75, 3.05) is 23.5 Å². The normalized spacial score (nSPS) is 10.8. The number of aryl methyl sites for hydroxylation is 3. The Morgan fingerprint density at radius 1 is 1.08 bits per heavy atom. The number of rotatable bonds is 8. The number of hydrogen-bond acceptors (Lipinski definition) is 8. The average molecular weight is 527 g/mol. The molecule has 0 spiro atoms. The second-order valence-electron chi connectivity index (χ2n) is 7.90. The molecule has 4 rings (SSSR count). The summed E-state index contributed by atoms with van der Waals surface area (Å²) in [6, 6.07) is 9.71. The SMILES string of the molecule is COc1cn(-c2ccc(F)cc2)nc1C(=O)Nc1nnc(SCC(=O)Nc2c(C)cc(C)cc2C)s1. The fourth-order valence-electron chi connectivity index (χ4n) is 3.55. The summed E-state index contributed by atoms with van der Waals surface area (Å²) in [4.78, 5) is 25.3. The number of anilines is 2. The number of nitrogens with zero attached hydrogens (tertiary/aromatic N) is 4. The maximum absolute atomic E-state index is 13.2. The number of thioether (sulfide) groups is 1. The molecule has 2 heterocycles. The van der Waals surface area contributed by atoms with Gasteiger partial charge in [-0.2, -0.15) is 5.10 Å². The molecular formula is C24H23FN6O3S2. The average Bonchev–Trinajstić information content (AvgIpc) is 3.47. The van der Waals surface area contributed by atoms with E-state index in [0.717, 1.165) is 33.7 Å². The van der Waals surface area contributed by atoms with Gasteiger partial charge >= 0.3 is 0 Å². The monoisotopic (exact) mass is 526 g/mol. The predicted octanol–water partition coefficient (Wildman–Crippen LogP) is 4.78.